The van der Waals surface area contributed by atoms with Crippen LogP contribution in [-0.4, -0.2) is 59.0 Å². The Morgan fingerprint density at radius 1 is 1.11 bits per heavy atom. The summed E-state index contributed by atoms with van der Waals surface area (Å²) < 4.78 is 47.5. The number of halogens is 1. The summed E-state index contributed by atoms with van der Waals surface area (Å²) in [6.07, 6.45) is 1.33. The second-order valence-electron chi connectivity index (χ2n) is 8.29. The van der Waals surface area contributed by atoms with Gasteiger partial charge in [-0.3, -0.25) is 0 Å². The maximum atomic E-state index is 13.7. The number of benzene rings is 2. The number of aromatic nitrogens is 4. The fraction of sp³-hybridized carbons (Fsp3) is 0.304. The summed E-state index contributed by atoms with van der Waals surface area (Å²) >= 11 is 0. The highest BCUT2D eigenvalue weighted by molar-refractivity contribution is 7.89. The first-order valence-corrected chi connectivity index (χ1v) is 12.6. The normalized spacial score (nSPS) is 15.9. The van der Waals surface area contributed by atoms with Gasteiger partial charge in [-0.2, -0.15) is 9.29 Å². The third kappa shape index (κ3) is 4.59. The van der Waals surface area contributed by atoms with Crippen LogP contribution in [0.5, 0.6) is 0 Å². The van der Waals surface area contributed by atoms with Gasteiger partial charge in [0.1, 0.15) is 22.9 Å². The Bertz CT molecular complexity index is 1470. The third-order valence-electron chi connectivity index (χ3n) is 5.86. The van der Waals surface area contributed by atoms with E-state index in [9.17, 15) is 12.8 Å². The van der Waals surface area contributed by atoms with Gasteiger partial charge < -0.3 is 15.2 Å². The van der Waals surface area contributed by atoms with E-state index in [1.165, 1.54) is 22.8 Å². The van der Waals surface area contributed by atoms with E-state index in [-0.39, 0.29) is 16.8 Å². The Kier molecular flexibility index (Phi) is 6.17. The molecule has 2 N–H and O–H groups in total. The molecule has 10 nitrogen and oxygen atoms in total. The van der Waals surface area contributed by atoms with Crippen LogP contribution in [0.15, 0.2) is 52.1 Å². The van der Waals surface area contributed by atoms with Crippen molar-refractivity contribution >= 4 is 26.7 Å². The molecule has 1 fully saturated rings. The largest absolute Gasteiger partial charge is 0.360 e. The molecule has 1 atom stereocenters. The van der Waals surface area contributed by atoms with Crippen LogP contribution in [0.3, 0.4) is 0 Å². The molecule has 1 saturated heterocycles. The van der Waals surface area contributed by atoms with Crippen molar-refractivity contribution in [3.8, 4) is 11.1 Å². The first-order chi connectivity index (χ1) is 16.8. The van der Waals surface area contributed by atoms with E-state index in [0.29, 0.717) is 65.7 Å². The van der Waals surface area contributed by atoms with Gasteiger partial charge in [0, 0.05) is 38.5 Å². The SMILES string of the molecule is Cc1nc([C@@H](C)Nc2ncnc3c(S(=O)(=O)N4CCNCC4)cc(-c4ccc(F)cc4)cc23)no1. The van der Waals surface area contributed by atoms with Crippen molar-refractivity contribution in [2.45, 2.75) is 24.8 Å². The quantitative estimate of drug-likeness (QED) is 0.413. The number of rotatable bonds is 6. The van der Waals surface area contributed by atoms with Crippen molar-refractivity contribution in [1.29, 1.82) is 0 Å². The molecule has 0 unspecified atom stereocenters. The topological polar surface area (TPSA) is 126 Å². The zero-order valence-electron chi connectivity index (χ0n) is 19.2. The monoisotopic (exact) mass is 497 g/mol. The predicted molar refractivity (Wildman–Crippen MR) is 128 cm³/mol. The molecule has 1 aliphatic heterocycles. The van der Waals surface area contributed by atoms with E-state index in [2.05, 4.69) is 30.7 Å². The molecule has 2 aromatic heterocycles. The molecule has 1 aliphatic rings. The molecule has 2 aromatic carbocycles. The summed E-state index contributed by atoms with van der Waals surface area (Å²) in [6.45, 7) is 5.40. The van der Waals surface area contributed by atoms with Gasteiger partial charge >= 0.3 is 0 Å². The summed E-state index contributed by atoms with van der Waals surface area (Å²) in [7, 11) is -3.86. The van der Waals surface area contributed by atoms with Crippen molar-refractivity contribution in [1.82, 2.24) is 29.7 Å². The molecule has 3 heterocycles. The van der Waals surface area contributed by atoms with Crippen LogP contribution in [0.4, 0.5) is 10.2 Å². The molecule has 0 amide bonds. The Balaban J connectivity index is 1.67. The molecule has 0 saturated carbocycles. The second-order valence-corrected chi connectivity index (χ2v) is 10.2. The van der Waals surface area contributed by atoms with Gasteiger partial charge in [0.2, 0.25) is 15.9 Å². The molecular formula is C23H24FN7O3S. The minimum Gasteiger partial charge on any atom is -0.360 e. The van der Waals surface area contributed by atoms with Crippen LogP contribution in [0, 0.1) is 12.7 Å². The van der Waals surface area contributed by atoms with E-state index in [4.69, 9.17) is 4.52 Å². The lowest BCUT2D eigenvalue weighted by Gasteiger charge is -2.27. The molecule has 0 aliphatic carbocycles. The maximum absolute atomic E-state index is 13.7. The number of aryl methyl sites for hydroxylation is 1. The predicted octanol–water partition coefficient (Wildman–Crippen LogP) is 2.89. The van der Waals surface area contributed by atoms with Crippen LogP contribution in [0.25, 0.3) is 22.0 Å². The Hall–Kier alpha value is -3.48. The van der Waals surface area contributed by atoms with E-state index < -0.39 is 10.0 Å². The van der Waals surface area contributed by atoms with Crippen LogP contribution < -0.4 is 10.6 Å². The summed E-state index contributed by atoms with van der Waals surface area (Å²) in [6, 6.07) is 8.93. The highest BCUT2D eigenvalue weighted by Crippen LogP contribution is 2.34. The number of fused-ring (bicyclic) bond motifs is 1. The van der Waals surface area contributed by atoms with Crippen molar-refractivity contribution < 1.29 is 17.3 Å². The molecule has 0 spiro atoms. The van der Waals surface area contributed by atoms with Crippen LogP contribution in [0.2, 0.25) is 0 Å². The number of hydrogen-bond acceptors (Lipinski definition) is 9. The van der Waals surface area contributed by atoms with Gasteiger partial charge in [-0.25, -0.2) is 22.8 Å². The van der Waals surface area contributed by atoms with Crippen molar-refractivity contribution in [2.75, 3.05) is 31.5 Å². The Morgan fingerprint density at radius 2 is 1.86 bits per heavy atom. The average Bonchev–Trinajstić information content (AvgIpc) is 3.31. The second kappa shape index (κ2) is 9.29. The van der Waals surface area contributed by atoms with Gasteiger partial charge in [0.25, 0.3) is 0 Å². The first kappa shape index (κ1) is 23.3. The number of hydrogen-bond donors (Lipinski definition) is 2. The molecule has 4 aromatic rings. The van der Waals surface area contributed by atoms with Crippen LogP contribution in [-0.2, 0) is 10.0 Å². The first-order valence-electron chi connectivity index (χ1n) is 11.2. The number of nitrogens with zero attached hydrogens (tertiary/aromatic N) is 5. The molecule has 0 bridgehead atoms. The Labute approximate surface area is 201 Å². The molecule has 182 valence electrons. The molecule has 5 rings (SSSR count). The number of nitrogens with one attached hydrogen (secondary N) is 2. The van der Waals surface area contributed by atoms with Gasteiger partial charge in [-0.15, -0.1) is 0 Å². The van der Waals surface area contributed by atoms with E-state index >= 15 is 0 Å². The van der Waals surface area contributed by atoms with E-state index in [0.717, 1.165) is 0 Å². The standard InChI is InChI=1S/C23H24FN7O3S/c1-14(22-29-15(2)34-30-22)28-23-19-11-17(16-3-5-18(24)6-4-16)12-20(21(19)26-13-27-23)35(32,33)31-9-7-25-8-10-31/h3-6,11-14,25H,7-10H2,1-2H3,(H,26,27,28)/t14-/m1/s1. The van der Waals surface area contributed by atoms with Crippen LogP contribution >= 0.6 is 0 Å². The highest BCUT2D eigenvalue weighted by atomic mass is 32.2. The smallest absolute Gasteiger partial charge is 0.245 e. The van der Waals surface area contributed by atoms with Crippen molar-refractivity contribution in [2.24, 2.45) is 0 Å². The lowest BCUT2D eigenvalue weighted by Crippen LogP contribution is -2.46. The van der Waals surface area contributed by atoms with Gasteiger partial charge in [0.05, 0.1) is 11.6 Å². The Morgan fingerprint density at radius 3 is 2.54 bits per heavy atom. The summed E-state index contributed by atoms with van der Waals surface area (Å²) in [5, 5.41) is 10.9. The van der Waals surface area contributed by atoms with Gasteiger partial charge in [-0.05, 0) is 42.3 Å². The molecule has 0 radical (unpaired) electrons. The van der Waals surface area contributed by atoms with Crippen LogP contribution in [0.1, 0.15) is 24.7 Å². The minimum absolute atomic E-state index is 0.0738. The zero-order chi connectivity index (χ0) is 24.6. The van der Waals surface area contributed by atoms with Gasteiger partial charge in [0.15, 0.2) is 5.82 Å². The number of sulfonamides is 1. The fourth-order valence-corrected chi connectivity index (χ4v) is 5.66. The summed E-state index contributed by atoms with van der Waals surface area (Å²) in [4.78, 5) is 13.1. The van der Waals surface area contributed by atoms with Crippen molar-refractivity contribution in [3.63, 3.8) is 0 Å². The van der Waals surface area contributed by atoms with E-state index in [1.54, 1.807) is 31.2 Å². The lowest BCUT2D eigenvalue weighted by molar-refractivity contribution is 0.360. The molecular weight excluding hydrogens is 473 g/mol. The van der Waals surface area contributed by atoms with Gasteiger partial charge in [-0.1, -0.05) is 17.3 Å². The average molecular weight is 498 g/mol. The fourth-order valence-electron chi connectivity index (χ4n) is 4.04. The molecule has 35 heavy (non-hydrogen) atoms. The third-order valence-corrected chi connectivity index (χ3v) is 7.77. The number of piperazine rings is 1. The zero-order valence-corrected chi connectivity index (χ0v) is 20.0. The summed E-state index contributed by atoms with van der Waals surface area (Å²) in [5.74, 6) is 0.922. The lowest BCUT2D eigenvalue weighted by atomic mass is 10.0. The summed E-state index contributed by atoms with van der Waals surface area (Å²) in [5.41, 5.74) is 1.57. The maximum Gasteiger partial charge on any atom is 0.245 e. The number of anilines is 1. The molecule has 12 heteroatoms. The van der Waals surface area contributed by atoms with E-state index in [1.807, 2.05) is 6.92 Å². The van der Waals surface area contributed by atoms with Crippen molar-refractivity contribution in [3.05, 3.63) is 60.3 Å². The minimum atomic E-state index is -3.86. The highest BCUT2D eigenvalue weighted by Gasteiger charge is 2.29.